The first-order valence-corrected chi connectivity index (χ1v) is 11.8. The van der Waals surface area contributed by atoms with Crippen molar-refractivity contribution >= 4 is 35.8 Å². The van der Waals surface area contributed by atoms with E-state index in [-0.39, 0.29) is 35.9 Å². The molecular weight excluding hydrogens is 505 g/mol. The van der Waals surface area contributed by atoms with Gasteiger partial charge in [0.15, 0.2) is 11.8 Å². The average molecular weight is 543 g/mol. The first-order valence-electron chi connectivity index (χ1n) is 11.8. The highest BCUT2D eigenvalue weighted by Gasteiger charge is 2.32. The molecule has 1 atom stereocenters. The molecule has 2 aliphatic carbocycles. The highest BCUT2D eigenvalue weighted by atomic mass is 127. The van der Waals surface area contributed by atoms with Gasteiger partial charge >= 0.3 is 0 Å². The number of hydrogen-bond donors (Lipinski definition) is 2. The smallest absolute Gasteiger partial charge is 0.225 e. The van der Waals surface area contributed by atoms with Gasteiger partial charge < -0.3 is 20.1 Å². The molecule has 1 saturated heterocycles. The predicted octanol–water partition coefficient (Wildman–Crippen LogP) is 2.90. The minimum atomic E-state index is 0. The van der Waals surface area contributed by atoms with Crippen LogP contribution in [0.5, 0.6) is 0 Å². The van der Waals surface area contributed by atoms with Crippen molar-refractivity contribution in [1.82, 2.24) is 30.3 Å². The van der Waals surface area contributed by atoms with Crippen LogP contribution >= 0.6 is 24.0 Å². The first-order chi connectivity index (χ1) is 14.6. The zero-order valence-corrected chi connectivity index (χ0v) is 21.3. The van der Waals surface area contributed by atoms with E-state index >= 15 is 0 Å². The van der Waals surface area contributed by atoms with E-state index in [9.17, 15) is 4.79 Å². The van der Waals surface area contributed by atoms with Crippen molar-refractivity contribution in [2.75, 3.05) is 13.1 Å². The van der Waals surface area contributed by atoms with Gasteiger partial charge in [-0.2, -0.15) is 0 Å². The minimum Gasteiger partial charge on any atom is -0.354 e. The molecule has 174 valence electrons. The molecule has 1 unspecified atom stereocenters. The molecule has 3 fully saturated rings. The monoisotopic (exact) mass is 543 g/mol. The summed E-state index contributed by atoms with van der Waals surface area (Å²) in [6, 6.07) is 0.741. The van der Waals surface area contributed by atoms with Crippen molar-refractivity contribution < 1.29 is 4.79 Å². The Hall–Kier alpha value is -1.39. The standard InChI is InChI=1S/C22H37N7O.HI/c1-16-26-27-20(28(16)2)14-23-22(24-18-10-6-7-11-18)25-19-12-13-29(15-19)21(30)17-8-4-3-5-9-17;/h17-19H,3-15H2,1-2H3,(H2,23,24,25);1H. The number of carbonyl (C=O) groups excluding carboxylic acids is 1. The number of hydrogen-bond acceptors (Lipinski definition) is 4. The van der Waals surface area contributed by atoms with Crippen LogP contribution in [-0.4, -0.2) is 56.7 Å². The fraction of sp³-hybridized carbons (Fsp3) is 0.818. The Kier molecular flexibility index (Phi) is 8.97. The number of guanidine groups is 1. The van der Waals surface area contributed by atoms with Gasteiger partial charge in [0.25, 0.3) is 0 Å². The molecule has 0 radical (unpaired) electrons. The quantitative estimate of drug-likeness (QED) is 0.339. The lowest BCUT2D eigenvalue weighted by atomic mass is 9.88. The molecular formula is C22H38IN7O. The van der Waals surface area contributed by atoms with Crippen LogP contribution in [0.4, 0.5) is 0 Å². The van der Waals surface area contributed by atoms with Crippen LogP contribution < -0.4 is 10.6 Å². The summed E-state index contributed by atoms with van der Waals surface area (Å²) >= 11 is 0. The van der Waals surface area contributed by atoms with Gasteiger partial charge in [0.1, 0.15) is 12.4 Å². The van der Waals surface area contributed by atoms with Crippen molar-refractivity contribution in [2.24, 2.45) is 18.0 Å². The minimum absolute atomic E-state index is 0. The van der Waals surface area contributed by atoms with E-state index in [4.69, 9.17) is 4.99 Å². The lowest BCUT2D eigenvalue weighted by Gasteiger charge is -2.26. The molecule has 8 nitrogen and oxygen atoms in total. The van der Waals surface area contributed by atoms with Crippen molar-refractivity contribution in [3.63, 3.8) is 0 Å². The van der Waals surface area contributed by atoms with Crippen molar-refractivity contribution in [1.29, 1.82) is 0 Å². The topological polar surface area (TPSA) is 87.4 Å². The molecule has 4 rings (SSSR count). The van der Waals surface area contributed by atoms with E-state index in [0.29, 0.717) is 18.5 Å². The number of nitrogens with one attached hydrogen (secondary N) is 2. The van der Waals surface area contributed by atoms with Gasteiger partial charge in [-0.15, -0.1) is 34.2 Å². The molecule has 0 spiro atoms. The van der Waals surface area contributed by atoms with E-state index in [1.54, 1.807) is 0 Å². The molecule has 0 aromatic carbocycles. The van der Waals surface area contributed by atoms with E-state index < -0.39 is 0 Å². The third-order valence-electron chi connectivity index (χ3n) is 7.05. The van der Waals surface area contributed by atoms with Gasteiger partial charge in [0, 0.05) is 38.1 Å². The van der Waals surface area contributed by atoms with Crippen LogP contribution in [-0.2, 0) is 18.4 Å². The predicted molar refractivity (Wildman–Crippen MR) is 132 cm³/mol. The third kappa shape index (κ3) is 6.32. The van der Waals surface area contributed by atoms with Crippen LogP contribution in [0.15, 0.2) is 4.99 Å². The van der Waals surface area contributed by atoms with Crippen LogP contribution in [0.2, 0.25) is 0 Å². The van der Waals surface area contributed by atoms with Gasteiger partial charge in [-0.05, 0) is 39.0 Å². The zero-order chi connectivity index (χ0) is 20.9. The van der Waals surface area contributed by atoms with Crippen LogP contribution in [0.3, 0.4) is 0 Å². The third-order valence-corrected chi connectivity index (χ3v) is 7.05. The number of rotatable bonds is 5. The number of aromatic nitrogens is 3. The van der Waals surface area contributed by atoms with Gasteiger partial charge in [-0.25, -0.2) is 4.99 Å². The second-order valence-electron chi connectivity index (χ2n) is 9.26. The first kappa shape index (κ1) is 24.3. The Morgan fingerprint density at radius 1 is 1.00 bits per heavy atom. The molecule has 31 heavy (non-hydrogen) atoms. The Labute approximate surface area is 203 Å². The summed E-state index contributed by atoms with van der Waals surface area (Å²) in [5.74, 6) is 3.23. The van der Waals surface area contributed by atoms with Crippen LogP contribution in [0.1, 0.15) is 75.9 Å². The highest BCUT2D eigenvalue weighted by Crippen LogP contribution is 2.27. The van der Waals surface area contributed by atoms with E-state index in [0.717, 1.165) is 50.0 Å². The summed E-state index contributed by atoms with van der Waals surface area (Å²) in [5.41, 5.74) is 0. The molecule has 1 aromatic heterocycles. The number of likely N-dealkylation sites (tertiary alicyclic amines) is 1. The summed E-state index contributed by atoms with van der Waals surface area (Å²) in [5, 5.41) is 15.6. The summed E-state index contributed by atoms with van der Waals surface area (Å²) in [4.78, 5) is 19.8. The van der Waals surface area contributed by atoms with Gasteiger partial charge in [-0.3, -0.25) is 4.79 Å². The number of aliphatic imine (C=N–C) groups is 1. The summed E-state index contributed by atoms with van der Waals surface area (Å²) in [7, 11) is 1.98. The Balaban J connectivity index is 0.00000272. The van der Waals surface area contributed by atoms with Crippen LogP contribution in [0.25, 0.3) is 0 Å². The molecule has 0 bridgehead atoms. The molecule has 1 aromatic rings. The molecule has 3 aliphatic rings. The average Bonchev–Trinajstić information content (AvgIpc) is 3.51. The normalized spacial score (nSPS) is 23.1. The number of halogens is 1. The van der Waals surface area contributed by atoms with Crippen LogP contribution in [0, 0.1) is 12.8 Å². The highest BCUT2D eigenvalue weighted by molar-refractivity contribution is 14.0. The SMILES string of the molecule is Cc1nnc(CN=C(NC2CCCC2)NC2CCN(C(=O)C3CCCCC3)C2)n1C.I. The number of amides is 1. The maximum atomic E-state index is 12.9. The maximum absolute atomic E-state index is 12.9. The molecule has 2 N–H and O–H groups in total. The summed E-state index contributed by atoms with van der Waals surface area (Å²) in [6.07, 6.45) is 11.8. The van der Waals surface area contributed by atoms with Gasteiger partial charge in [-0.1, -0.05) is 32.1 Å². The fourth-order valence-electron chi connectivity index (χ4n) is 5.01. The molecule has 1 aliphatic heterocycles. The number of carbonyl (C=O) groups is 1. The second-order valence-corrected chi connectivity index (χ2v) is 9.26. The second kappa shape index (κ2) is 11.5. The molecule has 9 heteroatoms. The van der Waals surface area contributed by atoms with Gasteiger partial charge in [0.05, 0.1) is 0 Å². The molecule has 1 amide bonds. The lowest BCUT2D eigenvalue weighted by Crippen LogP contribution is -2.48. The summed E-state index contributed by atoms with van der Waals surface area (Å²) in [6.45, 7) is 4.08. The lowest BCUT2D eigenvalue weighted by molar-refractivity contribution is -0.135. The molecule has 2 heterocycles. The Morgan fingerprint density at radius 3 is 2.35 bits per heavy atom. The maximum Gasteiger partial charge on any atom is 0.225 e. The zero-order valence-electron chi connectivity index (χ0n) is 19.0. The molecule has 2 saturated carbocycles. The van der Waals surface area contributed by atoms with Crippen molar-refractivity contribution in [2.45, 2.75) is 89.8 Å². The Morgan fingerprint density at radius 2 is 1.68 bits per heavy atom. The number of nitrogens with zero attached hydrogens (tertiary/aromatic N) is 5. The fourth-order valence-corrected chi connectivity index (χ4v) is 5.01. The van der Waals surface area contributed by atoms with E-state index in [2.05, 4.69) is 25.7 Å². The van der Waals surface area contributed by atoms with Crippen molar-refractivity contribution in [3.05, 3.63) is 11.6 Å². The van der Waals surface area contributed by atoms with Gasteiger partial charge in [0.2, 0.25) is 5.91 Å². The summed E-state index contributed by atoms with van der Waals surface area (Å²) < 4.78 is 1.98. The van der Waals surface area contributed by atoms with E-state index in [1.165, 1.54) is 44.9 Å². The number of aryl methyl sites for hydroxylation is 1. The van der Waals surface area contributed by atoms with Crippen molar-refractivity contribution in [3.8, 4) is 0 Å². The largest absolute Gasteiger partial charge is 0.354 e. The van der Waals surface area contributed by atoms with E-state index in [1.807, 2.05) is 18.5 Å². The Bertz CT molecular complexity index is 753.